The van der Waals surface area contributed by atoms with E-state index in [1.54, 1.807) is 6.92 Å². The lowest BCUT2D eigenvalue weighted by molar-refractivity contribution is -0.141. The third-order valence-corrected chi connectivity index (χ3v) is 3.52. The second-order valence-corrected chi connectivity index (χ2v) is 5.09. The van der Waals surface area contributed by atoms with E-state index in [2.05, 4.69) is 5.32 Å². The van der Waals surface area contributed by atoms with Crippen molar-refractivity contribution in [3.63, 3.8) is 0 Å². The second kappa shape index (κ2) is 7.30. The van der Waals surface area contributed by atoms with Crippen molar-refractivity contribution in [1.29, 1.82) is 0 Å². The molecule has 98 valence electrons. The highest BCUT2D eigenvalue weighted by Gasteiger charge is 2.17. The van der Waals surface area contributed by atoms with Crippen molar-refractivity contribution in [2.75, 3.05) is 6.54 Å². The van der Waals surface area contributed by atoms with Crippen LogP contribution in [0, 0.1) is 11.8 Å². The standard InChI is InChI=1S/C13H23NO3/c1-10(13(16)17)7-8-14-12(15)9-11-5-3-2-4-6-11/h10-11H,2-9H2,1H3,(H,14,15)(H,16,17). The van der Waals surface area contributed by atoms with E-state index >= 15 is 0 Å². The van der Waals surface area contributed by atoms with Crippen LogP contribution in [-0.2, 0) is 9.59 Å². The maximum Gasteiger partial charge on any atom is 0.306 e. The average Bonchev–Trinajstić information content (AvgIpc) is 2.30. The van der Waals surface area contributed by atoms with Crippen LogP contribution in [0.4, 0.5) is 0 Å². The number of carboxylic acids is 1. The highest BCUT2D eigenvalue weighted by Crippen LogP contribution is 2.25. The van der Waals surface area contributed by atoms with E-state index in [0.29, 0.717) is 25.3 Å². The van der Waals surface area contributed by atoms with Crippen LogP contribution in [0.3, 0.4) is 0 Å². The van der Waals surface area contributed by atoms with Crippen LogP contribution >= 0.6 is 0 Å². The van der Waals surface area contributed by atoms with Gasteiger partial charge in [0, 0.05) is 13.0 Å². The Morgan fingerprint density at radius 3 is 2.53 bits per heavy atom. The number of nitrogens with one attached hydrogen (secondary N) is 1. The molecule has 1 atom stereocenters. The summed E-state index contributed by atoms with van der Waals surface area (Å²) < 4.78 is 0. The van der Waals surface area contributed by atoms with Crippen LogP contribution in [-0.4, -0.2) is 23.5 Å². The summed E-state index contributed by atoms with van der Waals surface area (Å²) in [6, 6.07) is 0. The number of amides is 1. The molecule has 1 rings (SSSR count). The fourth-order valence-corrected chi connectivity index (χ4v) is 2.28. The molecule has 0 radical (unpaired) electrons. The van der Waals surface area contributed by atoms with Crippen LogP contribution < -0.4 is 5.32 Å². The largest absolute Gasteiger partial charge is 0.481 e. The summed E-state index contributed by atoms with van der Waals surface area (Å²) in [6.07, 6.45) is 7.24. The monoisotopic (exact) mass is 241 g/mol. The minimum atomic E-state index is -0.800. The summed E-state index contributed by atoms with van der Waals surface area (Å²) in [5.74, 6) is -0.563. The van der Waals surface area contributed by atoms with Gasteiger partial charge in [0.1, 0.15) is 0 Å². The molecule has 0 heterocycles. The first kappa shape index (κ1) is 14.0. The molecule has 2 N–H and O–H groups in total. The van der Waals surface area contributed by atoms with Gasteiger partial charge in [0.05, 0.1) is 5.92 Å². The lowest BCUT2D eigenvalue weighted by Gasteiger charge is -2.20. The van der Waals surface area contributed by atoms with E-state index in [4.69, 9.17) is 5.11 Å². The number of carbonyl (C=O) groups excluding carboxylic acids is 1. The van der Waals surface area contributed by atoms with Gasteiger partial charge in [-0.25, -0.2) is 0 Å². The predicted molar refractivity (Wildman–Crippen MR) is 65.6 cm³/mol. The third-order valence-electron chi connectivity index (χ3n) is 3.52. The minimum absolute atomic E-state index is 0.0782. The van der Waals surface area contributed by atoms with Gasteiger partial charge in [0.2, 0.25) is 5.91 Å². The van der Waals surface area contributed by atoms with E-state index in [-0.39, 0.29) is 11.8 Å². The van der Waals surface area contributed by atoms with E-state index in [1.807, 2.05) is 0 Å². The van der Waals surface area contributed by atoms with Crippen molar-refractivity contribution in [3.8, 4) is 0 Å². The molecule has 1 amide bonds. The van der Waals surface area contributed by atoms with Crippen molar-refractivity contribution in [1.82, 2.24) is 5.32 Å². The van der Waals surface area contributed by atoms with Crippen LogP contribution in [0.5, 0.6) is 0 Å². The topological polar surface area (TPSA) is 66.4 Å². The molecule has 1 fully saturated rings. The molecule has 0 aromatic rings. The van der Waals surface area contributed by atoms with E-state index < -0.39 is 5.97 Å². The summed E-state index contributed by atoms with van der Waals surface area (Å²) >= 11 is 0. The van der Waals surface area contributed by atoms with E-state index in [0.717, 1.165) is 0 Å². The van der Waals surface area contributed by atoms with Crippen LogP contribution in [0.2, 0.25) is 0 Å². The lowest BCUT2D eigenvalue weighted by atomic mass is 9.87. The summed E-state index contributed by atoms with van der Waals surface area (Å²) in [5, 5.41) is 11.5. The maximum absolute atomic E-state index is 11.6. The molecule has 1 unspecified atom stereocenters. The Bertz CT molecular complexity index is 259. The van der Waals surface area contributed by atoms with Crippen molar-refractivity contribution in [2.24, 2.45) is 11.8 Å². The van der Waals surface area contributed by atoms with Crippen LogP contribution in [0.15, 0.2) is 0 Å². The summed E-state index contributed by atoms with van der Waals surface area (Å²) in [4.78, 5) is 22.2. The average molecular weight is 241 g/mol. The molecule has 17 heavy (non-hydrogen) atoms. The van der Waals surface area contributed by atoms with E-state index in [1.165, 1.54) is 32.1 Å². The second-order valence-electron chi connectivity index (χ2n) is 5.09. The zero-order valence-electron chi connectivity index (χ0n) is 10.6. The molecule has 0 saturated heterocycles. The Morgan fingerprint density at radius 2 is 1.94 bits per heavy atom. The molecule has 1 saturated carbocycles. The summed E-state index contributed by atoms with van der Waals surface area (Å²) in [7, 11) is 0. The molecular formula is C13H23NO3. The molecule has 1 aliphatic carbocycles. The fraction of sp³-hybridized carbons (Fsp3) is 0.846. The quantitative estimate of drug-likeness (QED) is 0.749. The number of aliphatic carboxylic acids is 1. The predicted octanol–water partition coefficient (Wildman–Crippen LogP) is 2.18. The lowest BCUT2D eigenvalue weighted by Crippen LogP contribution is -2.29. The molecule has 0 aromatic heterocycles. The van der Waals surface area contributed by atoms with Gasteiger partial charge in [-0.15, -0.1) is 0 Å². The number of carboxylic acid groups (broad SMARTS) is 1. The summed E-state index contributed by atoms with van der Waals surface area (Å²) in [6.45, 7) is 2.13. The SMILES string of the molecule is CC(CCNC(=O)CC1CCCCC1)C(=O)O. The molecule has 0 spiro atoms. The Hall–Kier alpha value is -1.06. The molecular weight excluding hydrogens is 218 g/mol. The van der Waals surface area contributed by atoms with Gasteiger partial charge in [-0.05, 0) is 25.2 Å². The molecule has 0 bridgehead atoms. The highest BCUT2D eigenvalue weighted by atomic mass is 16.4. The summed E-state index contributed by atoms with van der Waals surface area (Å²) in [5.41, 5.74) is 0. The highest BCUT2D eigenvalue weighted by molar-refractivity contribution is 5.76. The first-order chi connectivity index (χ1) is 8.09. The van der Waals surface area contributed by atoms with Crippen molar-refractivity contribution in [3.05, 3.63) is 0 Å². The van der Waals surface area contributed by atoms with Gasteiger partial charge in [-0.3, -0.25) is 9.59 Å². The molecule has 0 aromatic carbocycles. The zero-order chi connectivity index (χ0) is 12.7. The first-order valence-electron chi connectivity index (χ1n) is 6.59. The number of hydrogen-bond donors (Lipinski definition) is 2. The van der Waals surface area contributed by atoms with E-state index in [9.17, 15) is 9.59 Å². The van der Waals surface area contributed by atoms with Crippen molar-refractivity contribution >= 4 is 11.9 Å². The van der Waals surface area contributed by atoms with Gasteiger partial charge in [-0.1, -0.05) is 26.2 Å². The maximum atomic E-state index is 11.6. The van der Waals surface area contributed by atoms with Crippen LogP contribution in [0.1, 0.15) is 51.9 Å². The Labute approximate surface area is 103 Å². The fourth-order valence-electron chi connectivity index (χ4n) is 2.28. The molecule has 4 heteroatoms. The molecule has 1 aliphatic rings. The van der Waals surface area contributed by atoms with Crippen LogP contribution in [0.25, 0.3) is 0 Å². The third kappa shape index (κ3) is 5.71. The van der Waals surface area contributed by atoms with Gasteiger partial charge >= 0.3 is 5.97 Å². The smallest absolute Gasteiger partial charge is 0.306 e. The van der Waals surface area contributed by atoms with Crippen molar-refractivity contribution < 1.29 is 14.7 Å². The Balaban J connectivity index is 2.10. The van der Waals surface area contributed by atoms with Gasteiger partial charge in [0.15, 0.2) is 0 Å². The Kier molecular flexibility index (Phi) is 6.01. The number of hydrogen-bond acceptors (Lipinski definition) is 2. The molecule has 0 aliphatic heterocycles. The first-order valence-corrected chi connectivity index (χ1v) is 6.59. The molecule has 4 nitrogen and oxygen atoms in total. The van der Waals surface area contributed by atoms with Gasteiger partial charge < -0.3 is 10.4 Å². The van der Waals surface area contributed by atoms with Crippen molar-refractivity contribution in [2.45, 2.75) is 51.9 Å². The van der Waals surface area contributed by atoms with Gasteiger partial charge in [-0.2, -0.15) is 0 Å². The zero-order valence-corrected chi connectivity index (χ0v) is 10.6. The van der Waals surface area contributed by atoms with Gasteiger partial charge in [0.25, 0.3) is 0 Å². The normalized spacial score (nSPS) is 18.6. The number of rotatable bonds is 6. The Morgan fingerprint density at radius 1 is 1.29 bits per heavy atom. The minimum Gasteiger partial charge on any atom is -0.481 e. The number of carbonyl (C=O) groups is 2.